The van der Waals surface area contributed by atoms with Crippen molar-refractivity contribution >= 4 is 27.8 Å². The van der Waals surface area contributed by atoms with Gasteiger partial charge in [-0.25, -0.2) is 0 Å². The molecule has 9 aromatic rings. The van der Waals surface area contributed by atoms with Gasteiger partial charge in [0.25, 0.3) is 0 Å². The van der Waals surface area contributed by atoms with Crippen molar-refractivity contribution in [2.45, 2.75) is 5.41 Å². The highest BCUT2D eigenvalue weighted by molar-refractivity contribution is 6.00. The first-order chi connectivity index (χ1) is 27.3. The molecule has 0 unspecified atom stereocenters. The molecule has 0 bridgehead atoms. The SMILES string of the molecule is c1ccc(-c2cccc(N(c3ccc4ccccc4c3)c3cccc4c3-c3ccc(-c5ccccc5)cc3C43c4ccccc4Oc4ccccc43)c2)cc1. The lowest BCUT2D eigenvalue weighted by molar-refractivity contribution is 0.436. The summed E-state index contributed by atoms with van der Waals surface area (Å²) in [7, 11) is 0. The Kier molecular flexibility index (Phi) is 7.11. The molecule has 2 aliphatic rings. The summed E-state index contributed by atoms with van der Waals surface area (Å²) in [5, 5.41) is 2.42. The van der Waals surface area contributed by atoms with Gasteiger partial charge in [-0.2, -0.15) is 0 Å². The van der Waals surface area contributed by atoms with Gasteiger partial charge in [0.15, 0.2) is 0 Å². The summed E-state index contributed by atoms with van der Waals surface area (Å²) in [5.41, 5.74) is 14.7. The first kappa shape index (κ1) is 31.4. The minimum Gasteiger partial charge on any atom is -0.457 e. The molecule has 0 saturated heterocycles. The van der Waals surface area contributed by atoms with E-state index in [0.717, 1.165) is 39.7 Å². The number of hydrogen-bond acceptors (Lipinski definition) is 2. The molecule has 0 radical (unpaired) electrons. The van der Waals surface area contributed by atoms with Gasteiger partial charge in [0.05, 0.1) is 11.1 Å². The van der Waals surface area contributed by atoms with Crippen LogP contribution in [0.1, 0.15) is 22.3 Å². The van der Waals surface area contributed by atoms with Gasteiger partial charge in [-0.1, -0.05) is 164 Å². The van der Waals surface area contributed by atoms with Gasteiger partial charge in [0, 0.05) is 28.1 Å². The van der Waals surface area contributed by atoms with E-state index >= 15 is 0 Å². The number of para-hydroxylation sites is 2. The minimum absolute atomic E-state index is 0.613. The summed E-state index contributed by atoms with van der Waals surface area (Å²) < 4.78 is 6.71. The van der Waals surface area contributed by atoms with Crippen LogP contribution in [0.5, 0.6) is 11.5 Å². The van der Waals surface area contributed by atoms with Gasteiger partial charge >= 0.3 is 0 Å². The zero-order valence-electron chi connectivity index (χ0n) is 30.1. The van der Waals surface area contributed by atoms with Crippen LogP contribution in [-0.4, -0.2) is 0 Å². The second-order valence-electron chi connectivity index (χ2n) is 14.5. The first-order valence-corrected chi connectivity index (χ1v) is 18.9. The summed E-state index contributed by atoms with van der Waals surface area (Å²) in [6.45, 7) is 0. The van der Waals surface area contributed by atoms with Crippen LogP contribution < -0.4 is 9.64 Å². The Hall–Kier alpha value is -7.16. The van der Waals surface area contributed by atoms with E-state index < -0.39 is 5.41 Å². The third kappa shape index (κ3) is 4.82. The van der Waals surface area contributed by atoms with E-state index in [1.54, 1.807) is 0 Å². The molecule has 0 atom stereocenters. The highest BCUT2D eigenvalue weighted by Gasteiger charge is 2.52. The van der Waals surface area contributed by atoms with Crippen molar-refractivity contribution in [1.29, 1.82) is 0 Å². The van der Waals surface area contributed by atoms with Crippen LogP contribution in [0.4, 0.5) is 17.1 Å². The summed E-state index contributed by atoms with van der Waals surface area (Å²) in [5.74, 6) is 1.77. The third-order valence-corrected chi connectivity index (χ3v) is 11.5. The van der Waals surface area contributed by atoms with Crippen LogP contribution in [0.3, 0.4) is 0 Å². The molecular formula is C53H35NO. The highest BCUT2D eigenvalue weighted by atomic mass is 16.5. The maximum absolute atomic E-state index is 6.71. The number of benzene rings is 9. The second-order valence-corrected chi connectivity index (χ2v) is 14.5. The van der Waals surface area contributed by atoms with Crippen LogP contribution in [-0.2, 0) is 5.41 Å². The highest BCUT2D eigenvalue weighted by Crippen LogP contribution is 2.64. The van der Waals surface area contributed by atoms with Gasteiger partial charge in [0.1, 0.15) is 11.5 Å². The number of anilines is 3. The smallest absolute Gasteiger partial charge is 0.132 e. The van der Waals surface area contributed by atoms with Crippen molar-refractivity contribution < 1.29 is 4.74 Å². The second kappa shape index (κ2) is 12.5. The molecular weight excluding hydrogens is 667 g/mol. The fourth-order valence-corrected chi connectivity index (χ4v) is 9.12. The molecule has 1 aliphatic carbocycles. The van der Waals surface area contributed by atoms with Gasteiger partial charge in [-0.15, -0.1) is 0 Å². The van der Waals surface area contributed by atoms with E-state index in [9.17, 15) is 0 Å². The lowest BCUT2D eigenvalue weighted by atomic mass is 9.66. The topological polar surface area (TPSA) is 12.5 Å². The van der Waals surface area contributed by atoms with Crippen molar-refractivity contribution in [1.82, 2.24) is 0 Å². The predicted molar refractivity (Wildman–Crippen MR) is 227 cm³/mol. The average molecular weight is 702 g/mol. The third-order valence-electron chi connectivity index (χ3n) is 11.5. The van der Waals surface area contributed by atoms with E-state index in [1.807, 2.05) is 0 Å². The van der Waals surface area contributed by atoms with E-state index in [2.05, 4.69) is 217 Å². The molecule has 1 heterocycles. The van der Waals surface area contributed by atoms with Crippen LogP contribution >= 0.6 is 0 Å². The molecule has 55 heavy (non-hydrogen) atoms. The Labute approximate surface area is 321 Å². The first-order valence-electron chi connectivity index (χ1n) is 18.9. The summed E-state index contributed by atoms with van der Waals surface area (Å²) in [4.78, 5) is 2.46. The van der Waals surface area contributed by atoms with Crippen molar-refractivity contribution in [2.75, 3.05) is 4.90 Å². The monoisotopic (exact) mass is 701 g/mol. The van der Waals surface area contributed by atoms with E-state index in [4.69, 9.17) is 4.74 Å². The number of hydrogen-bond donors (Lipinski definition) is 0. The Balaban J connectivity index is 1.24. The van der Waals surface area contributed by atoms with Crippen molar-refractivity contribution in [3.63, 3.8) is 0 Å². The number of fused-ring (bicyclic) bond motifs is 10. The molecule has 0 saturated carbocycles. The molecule has 1 spiro atoms. The zero-order chi connectivity index (χ0) is 36.3. The minimum atomic E-state index is -0.613. The maximum atomic E-state index is 6.71. The van der Waals surface area contributed by atoms with Crippen molar-refractivity contribution in [3.8, 4) is 44.9 Å². The molecule has 0 N–H and O–H groups in total. The Morgan fingerprint density at radius 2 is 0.909 bits per heavy atom. The zero-order valence-corrected chi connectivity index (χ0v) is 30.1. The molecule has 0 aromatic heterocycles. The standard InChI is InChI=1S/C53H35NO/c1-3-15-36(16-4-1)40-21-13-22-42(33-40)54(43-31-29-38-19-7-8-20-39(38)34-43)49-26-14-25-47-52(49)44-32-30-41(37-17-5-2-6-18-37)35-48(44)53(47)45-23-9-11-27-50(45)55-51-28-12-10-24-46(51)53/h1-35H. The van der Waals surface area contributed by atoms with Crippen molar-refractivity contribution in [2.24, 2.45) is 0 Å². The maximum Gasteiger partial charge on any atom is 0.132 e. The Morgan fingerprint density at radius 1 is 0.345 bits per heavy atom. The van der Waals surface area contributed by atoms with Crippen LogP contribution in [0, 0.1) is 0 Å². The predicted octanol–water partition coefficient (Wildman–Crippen LogP) is 14.1. The normalized spacial score (nSPS) is 13.0. The molecule has 2 nitrogen and oxygen atoms in total. The molecule has 9 aromatic carbocycles. The molecule has 258 valence electrons. The van der Waals surface area contributed by atoms with Gasteiger partial charge in [0.2, 0.25) is 0 Å². The lowest BCUT2D eigenvalue weighted by Crippen LogP contribution is -2.32. The van der Waals surface area contributed by atoms with Crippen LogP contribution in [0.25, 0.3) is 44.2 Å². The lowest BCUT2D eigenvalue weighted by Gasteiger charge is -2.39. The molecule has 2 heteroatoms. The van der Waals surface area contributed by atoms with E-state index in [0.29, 0.717) is 0 Å². The van der Waals surface area contributed by atoms with Gasteiger partial charge in [-0.05, 0) is 98.2 Å². The fraction of sp³-hybridized carbons (Fsp3) is 0.0189. The van der Waals surface area contributed by atoms with Crippen molar-refractivity contribution in [3.05, 3.63) is 235 Å². The van der Waals surface area contributed by atoms with E-state index in [-0.39, 0.29) is 0 Å². The Bertz CT molecular complexity index is 2870. The number of nitrogens with zero attached hydrogens (tertiary/aromatic N) is 1. The average Bonchev–Trinajstić information content (AvgIpc) is 3.55. The fourth-order valence-electron chi connectivity index (χ4n) is 9.12. The van der Waals surface area contributed by atoms with Gasteiger partial charge in [-0.3, -0.25) is 0 Å². The summed E-state index contributed by atoms with van der Waals surface area (Å²) in [6, 6.07) is 77.0. The molecule has 11 rings (SSSR count). The molecule has 1 aliphatic heterocycles. The quantitative estimate of drug-likeness (QED) is 0.177. The largest absolute Gasteiger partial charge is 0.457 e. The summed E-state index contributed by atoms with van der Waals surface area (Å²) in [6.07, 6.45) is 0. The van der Waals surface area contributed by atoms with Gasteiger partial charge < -0.3 is 9.64 Å². The molecule has 0 amide bonds. The number of rotatable bonds is 5. The van der Waals surface area contributed by atoms with E-state index in [1.165, 1.54) is 55.3 Å². The molecule has 0 fully saturated rings. The Morgan fingerprint density at radius 3 is 1.64 bits per heavy atom. The van der Waals surface area contributed by atoms with Crippen LogP contribution in [0.2, 0.25) is 0 Å². The van der Waals surface area contributed by atoms with Crippen LogP contribution in [0.15, 0.2) is 212 Å². The summed E-state index contributed by atoms with van der Waals surface area (Å²) >= 11 is 0. The number of ether oxygens (including phenoxy) is 1.